The van der Waals surface area contributed by atoms with Crippen LogP contribution in [0.1, 0.15) is 38.8 Å². The molecule has 0 N–H and O–H groups in total. The number of benzene rings is 2. The summed E-state index contributed by atoms with van der Waals surface area (Å²) in [4.78, 5) is 5.58. The summed E-state index contributed by atoms with van der Waals surface area (Å²) in [5, 5.41) is 0. The molecule has 0 aliphatic rings. The first-order chi connectivity index (χ1) is 11.2. The minimum absolute atomic E-state index is 1.09. The maximum absolute atomic E-state index is 2.36. The van der Waals surface area contributed by atoms with Crippen molar-refractivity contribution in [3.05, 3.63) is 47.5 Å². The fraction of sp³-hybridized carbons (Fsp3) is 0.400. The number of hydrogen-bond donors (Lipinski definition) is 0. The van der Waals surface area contributed by atoms with Crippen LogP contribution in [0.3, 0.4) is 0 Å². The fourth-order valence-corrected chi connectivity index (χ4v) is 5.12. The fourth-order valence-electron chi connectivity index (χ4n) is 2.49. The molecule has 0 nitrogen and oxygen atoms in total. The van der Waals surface area contributed by atoms with E-state index < -0.39 is 0 Å². The lowest BCUT2D eigenvalue weighted by Gasteiger charge is -2.13. The van der Waals surface area contributed by atoms with Crippen LogP contribution in [-0.2, 0) is 12.8 Å². The van der Waals surface area contributed by atoms with Gasteiger partial charge >= 0.3 is 0 Å². The Balaban J connectivity index is 2.27. The monoisotopic (exact) mass is 362 g/mol. The van der Waals surface area contributed by atoms with Crippen LogP contribution in [-0.4, -0.2) is 11.5 Å². The van der Waals surface area contributed by atoms with Crippen LogP contribution < -0.4 is 0 Å². The molecule has 0 bridgehead atoms. The predicted octanol–water partition coefficient (Wildman–Crippen LogP) is 7.19. The van der Waals surface area contributed by atoms with Gasteiger partial charge in [0.2, 0.25) is 0 Å². The summed E-state index contributed by atoms with van der Waals surface area (Å²) >= 11 is 5.77. The van der Waals surface area contributed by atoms with Crippen LogP contribution >= 0.6 is 35.3 Å². The quantitative estimate of drug-likeness (QED) is 0.456. The van der Waals surface area contributed by atoms with Crippen LogP contribution in [0, 0.1) is 0 Å². The Kier molecular flexibility index (Phi) is 7.94. The molecule has 0 radical (unpaired) electrons. The Hall–Kier alpha value is -0.510. The van der Waals surface area contributed by atoms with E-state index in [1.807, 2.05) is 35.3 Å². The van der Waals surface area contributed by atoms with Gasteiger partial charge in [0.25, 0.3) is 0 Å². The van der Waals surface area contributed by atoms with E-state index in [1.54, 1.807) is 0 Å². The average Bonchev–Trinajstić information content (AvgIpc) is 2.57. The highest BCUT2D eigenvalue weighted by atomic mass is 32.2. The molecular weight excluding hydrogens is 336 g/mol. The standard InChI is InChI=1S/C20H26S3/c1-5-15-13-17(21-7-3)9-11-19(15)23-20-12-10-18(22-8-4)14-16(20)6-2/h9-14H,5-8H2,1-4H3. The summed E-state index contributed by atoms with van der Waals surface area (Å²) in [6, 6.07) is 13.9. The van der Waals surface area contributed by atoms with Gasteiger partial charge in [-0.05, 0) is 71.9 Å². The van der Waals surface area contributed by atoms with Gasteiger partial charge in [0.15, 0.2) is 0 Å². The molecule has 2 aromatic rings. The Morgan fingerprint density at radius 2 is 1.09 bits per heavy atom. The minimum Gasteiger partial charge on any atom is -0.126 e. The Bertz CT molecular complexity index is 579. The van der Waals surface area contributed by atoms with E-state index in [0.29, 0.717) is 0 Å². The molecule has 0 atom stereocenters. The molecule has 0 aromatic heterocycles. The molecule has 23 heavy (non-hydrogen) atoms. The van der Waals surface area contributed by atoms with Crippen molar-refractivity contribution in [2.45, 2.75) is 60.1 Å². The van der Waals surface area contributed by atoms with Crippen molar-refractivity contribution in [3.63, 3.8) is 0 Å². The van der Waals surface area contributed by atoms with Crippen molar-refractivity contribution in [2.75, 3.05) is 11.5 Å². The Morgan fingerprint density at radius 1 is 0.652 bits per heavy atom. The second kappa shape index (κ2) is 9.71. The van der Waals surface area contributed by atoms with Crippen LogP contribution in [0.4, 0.5) is 0 Å². The molecule has 3 heteroatoms. The third kappa shape index (κ3) is 5.23. The van der Waals surface area contributed by atoms with E-state index in [1.165, 1.54) is 30.7 Å². The summed E-state index contributed by atoms with van der Waals surface area (Å²) in [6.45, 7) is 8.92. The van der Waals surface area contributed by atoms with Gasteiger partial charge in [0.1, 0.15) is 0 Å². The first-order valence-corrected chi connectivity index (χ1v) is 11.2. The lowest BCUT2D eigenvalue weighted by Crippen LogP contribution is -1.90. The van der Waals surface area contributed by atoms with Crippen molar-refractivity contribution in [1.82, 2.24) is 0 Å². The SMILES string of the molecule is CCSc1ccc(Sc2ccc(SCC)cc2CC)c(CC)c1. The van der Waals surface area contributed by atoms with Gasteiger partial charge < -0.3 is 0 Å². The van der Waals surface area contributed by atoms with Crippen molar-refractivity contribution < 1.29 is 0 Å². The topological polar surface area (TPSA) is 0 Å². The lowest BCUT2D eigenvalue weighted by atomic mass is 10.2. The summed E-state index contributed by atoms with van der Waals surface area (Å²) in [5.41, 5.74) is 2.92. The zero-order valence-corrected chi connectivity index (χ0v) is 17.0. The zero-order chi connectivity index (χ0) is 16.7. The molecule has 124 valence electrons. The van der Waals surface area contributed by atoms with Gasteiger partial charge in [-0.3, -0.25) is 0 Å². The van der Waals surface area contributed by atoms with Gasteiger partial charge in [0.05, 0.1) is 0 Å². The molecule has 0 spiro atoms. The molecule has 2 aromatic carbocycles. The van der Waals surface area contributed by atoms with Crippen LogP contribution in [0.2, 0.25) is 0 Å². The number of hydrogen-bond acceptors (Lipinski definition) is 3. The summed E-state index contributed by atoms with van der Waals surface area (Å²) in [5.74, 6) is 2.26. The van der Waals surface area contributed by atoms with Gasteiger partial charge in [-0.25, -0.2) is 0 Å². The van der Waals surface area contributed by atoms with E-state index in [0.717, 1.165) is 24.3 Å². The van der Waals surface area contributed by atoms with E-state index >= 15 is 0 Å². The molecular formula is C20H26S3. The van der Waals surface area contributed by atoms with E-state index in [-0.39, 0.29) is 0 Å². The minimum atomic E-state index is 1.09. The number of thioether (sulfide) groups is 2. The highest BCUT2D eigenvalue weighted by molar-refractivity contribution is 8.00. The summed E-state index contributed by atoms with van der Waals surface area (Å²) < 4.78 is 0. The molecule has 0 heterocycles. The van der Waals surface area contributed by atoms with E-state index in [9.17, 15) is 0 Å². The maximum Gasteiger partial charge on any atom is 0.0155 e. The molecule has 2 rings (SSSR count). The Morgan fingerprint density at radius 3 is 1.43 bits per heavy atom. The zero-order valence-electron chi connectivity index (χ0n) is 14.5. The van der Waals surface area contributed by atoms with Gasteiger partial charge in [-0.2, -0.15) is 0 Å². The molecule has 0 aliphatic carbocycles. The maximum atomic E-state index is 2.36. The van der Waals surface area contributed by atoms with Crippen molar-refractivity contribution in [2.24, 2.45) is 0 Å². The Labute approximate surface area is 154 Å². The third-order valence-electron chi connectivity index (χ3n) is 3.67. The normalized spacial score (nSPS) is 11.0. The van der Waals surface area contributed by atoms with Gasteiger partial charge in [0, 0.05) is 19.6 Å². The predicted molar refractivity (Wildman–Crippen MR) is 109 cm³/mol. The lowest BCUT2D eigenvalue weighted by molar-refractivity contribution is 1.05. The van der Waals surface area contributed by atoms with Crippen molar-refractivity contribution in [3.8, 4) is 0 Å². The molecule has 0 fully saturated rings. The van der Waals surface area contributed by atoms with Crippen molar-refractivity contribution >= 4 is 35.3 Å². The molecule has 0 saturated heterocycles. The van der Waals surface area contributed by atoms with Gasteiger partial charge in [-0.1, -0.05) is 39.5 Å². The van der Waals surface area contributed by atoms with E-state index in [4.69, 9.17) is 0 Å². The summed E-state index contributed by atoms with van der Waals surface area (Å²) in [7, 11) is 0. The second-order valence-electron chi connectivity index (χ2n) is 5.21. The third-order valence-corrected chi connectivity index (χ3v) is 6.66. The van der Waals surface area contributed by atoms with Gasteiger partial charge in [-0.15, -0.1) is 23.5 Å². The first-order valence-electron chi connectivity index (χ1n) is 8.41. The molecule has 0 saturated carbocycles. The number of aryl methyl sites for hydroxylation is 2. The first kappa shape index (κ1) is 18.8. The largest absolute Gasteiger partial charge is 0.126 e. The molecule has 0 amide bonds. The van der Waals surface area contributed by atoms with Crippen molar-refractivity contribution in [1.29, 1.82) is 0 Å². The number of rotatable bonds is 8. The highest BCUT2D eigenvalue weighted by Gasteiger charge is 2.09. The smallest absolute Gasteiger partial charge is 0.0155 e. The second-order valence-corrected chi connectivity index (χ2v) is 8.97. The summed E-state index contributed by atoms with van der Waals surface area (Å²) in [6.07, 6.45) is 2.18. The van der Waals surface area contributed by atoms with E-state index in [2.05, 4.69) is 64.1 Å². The van der Waals surface area contributed by atoms with Crippen LogP contribution in [0.25, 0.3) is 0 Å². The highest BCUT2D eigenvalue weighted by Crippen LogP contribution is 2.36. The van der Waals surface area contributed by atoms with Crippen LogP contribution in [0.5, 0.6) is 0 Å². The van der Waals surface area contributed by atoms with Crippen LogP contribution in [0.15, 0.2) is 56.0 Å². The molecule has 0 aliphatic heterocycles. The average molecular weight is 363 g/mol. The molecule has 0 unspecified atom stereocenters.